The Labute approximate surface area is 232 Å². The van der Waals surface area contributed by atoms with Crippen molar-refractivity contribution in [1.82, 2.24) is 14.9 Å². The maximum atomic E-state index is 13.8. The summed E-state index contributed by atoms with van der Waals surface area (Å²) in [6.45, 7) is 14.4. The highest BCUT2D eigenvalue weighted by atomic mass is 32.1. The lowest BCUT2D eigenvalue weighted by Gasteiger charge is -2.28. The summed E-state index contributed by atoms with van der Waals surface area (Å²) in [5.74, 6) is -0.382. The van der Waals surface area contributed by atoms with Crippen molar-refractivity contribution in [3.05, 3.63) is 82.6 Å². The summed E-state index contributed by atoms with van der Waals surface area (Å²) in [5, 5.41) is 9.25. The van der Waals surface area contributed by atoms with Crippen molar-refractivity contribution < 1.29 is 14.0 Å². The number of hydrogen-bond donors (Lipinski definition) is 3. The summed E-state index contributed by atoms with van der Waals surface area (Å²) in [5.41, 5.74) is 3.95. The van der Waals surface area contributed by atoms with Gasteiger partial charge in [-0.1, -0.05) is 39.5 Å². The number of fused-ring (bicyclic) bond motifs is 1. The van der Waals surface area contributed by atoms with Gasteiger partial charge >= 0.3 is 0 Å². The second kappa shape index (κ2) is 11.5. The van der Waals surface area contributed by atoms with Gasteiger partial charge in [0.05, 0.1) is 21.6 Å². The second-order valence-electron chi connectivity index (χ2n) is 10.6. The molecule has 4 aromatic rings. The third-order valence-electron chi connectivity index (χ3n) is 6.66. The van der Waals surface area contributed by atoms with Gasteiger partial charge in [0.25, 0.3) is 5.91 Å². The predicted molar refractivity (Wildman–Crippen MR) is 157 cm³/mol. The zero-order valence-electron chi connectivity index (χ0n) is 22.8. The van der Waals surface area contributed by atoms with Crippen LogP contribution in [-0.2, 0) is 11.3 Å². The van der Waals surface area contributed by atoms with E-state index in [0.29, 0.717) is 45.2 Å². The van der Waals surface area contributed by atoms with Gasteiger partial charge in [0.15, 0.2) is 0 Å². The smallest absolute Gasteiger partial charge is 0.268 e. The molecular weight excluding hydrogens is 513 g/mol. The number of thiophene rings is 1. The first-order valence-corrected chi connectivity index (χ1v) is 13.6. The van der Waals surface area contributed by atoms with Crippen LogP contribution in [0, 0.1) is 5.41 Å². The van der Waals surface area contributed by atoms with Crippen LogP contribution in [0.2, 0.25) is 0 Å². The predicted octanol–water partition coefficient (Wildman–Crippen LogP) is 7.02. The van der Waals surface area contributed by atoms with Gasteiger partial charge < -0.3 is 10.6 Å². The van der Waals surface area contributed by atoms with Crippen LogP contribution in [-0.4, -0.2) is 27.4 Å². The third kappa shape index (κ3) is 6.61. The van der Waals surface area contributed by atoms with Gasteiger partial charge in [-0.05, 0) is 73.4 Å². The minimum Gasteiger partial charge on any atom is -0.322 e. The Bertz CT molecular complexity index is 1520. The number of rotatable bonds is 9. The van der Waals surface area contributed by atoms with E-state index in [1.165, 1.54) is 13.0 Å². The lowest BCUT2D eigenvalue weighted by molar-refractivity contribution is -0.111. The number of carbonyl (C=O) groups excluding carboxylic acids is 2. The molecule has 2 amide bonds. The zero-order chi connectivity index (χ0) is 28.3. The molecular formula is C30H34FN5O2S. The van der Waals surface area contributed by atoms with Gasteiger partial charge in [-0.2, -0.15) is 0 Å². The highest BCUT2D eigenvalue weighted by molar-refractivity contribution is 7.14. The van der Waals surface area contributed by atoms with Crippen LogP contribution in [0.4, 0.5) is 16.0 Å². The lowest BCUT2D eigenvalue weighted by atomic mass is 9.88. The van der Waals surface area contributed by atoms with E-state index >= 15 is 0 Å². The normalized spacial score (nSPS) is 13.2. The number of nitrogens with one attached hydrogen (secondary N) is 3. The maximum absolute atomic E-state index is 13.8. The van der Waals surface area contributed by atoms with Gasteiger partial charge in [0, 0.05) is 23.2 Å². The first-order chi connectivity index (χ1) is 18.5. The van der Waals surface area contributed by atoms with Crippen LogP contribution >= 0.6 is 11.3 Å². The van der Waals surface area contributed by atoms with Crippen LogP contribution in [0.15, 0.2) is 67.3 Å². The van der Waals surface area contributed by atoms with Crippen LogP contribution < -0.4 is 16.0 Å². The number of aromatic nitrogens is 2. The van der Waals surface area contributed by atoms with Crippen molar-refractivity contribution in [1.29, 1.82) is 0 Å². The molecule has 7 nitrogen and oxygen atoms in total. The van der Waals surface area contributed by atoms with E-state index in [4.69, 9.17) is 4.98 Å². The number of amides is 2. The quantitative estimate of drug-likeness (QED) is 0.197. The summed E-state index contributed by atoms with van der Waals surface area (Å²) in [7, 11) is 0. The number of imidazole rings is 1. The summed E-state index contributed by atoms with van der Waals surface area (Å²) >= 11 is 1.11. The van der Waals surface area contributed by atoms with Crippen LogP contribution in [0.25, 0.3) is 16.7 Å². The Kier molecular flexibility index (Phi) is 8.32. The van der Waals surface area contributed by atoms with Crippen LogP contribution in [0.1, 0.15) is 60.9 Å². The number of carbonyl (C=O) groups is 2. The van der Waals surface area contributed by atoms with Crippen molar-refractivity contribution in [2.24, 2.45) is 5.41 Å². The highest BCUT2D eigenvalue weighted by Crippen LogP contribution is 2.30. The highest BCUT2D eigenvalue weighted by Gasteiger charge is 2.21. The standard InChI is InChI=1S/C30H34FN5O2S/c1-7-27(37)33-21-9-8-10-22(16-21)36-24-12-11-20(17-32-19(3)30(4,5)6)15-23(24)34-29(36)35-28(38)26-14-13-25(39-26)18(2)31/h7-16,18-19,32H,1,17H2,2-6H3,(H,33,37)(H,34,35,38)/t18?,19-/m1/s1. The van der Waals surface area contributed by atoms with Gasteiger partial charge in [-0.25, -0.2) is 9.37 Å². The van der Waals surface area contributed by atoms with Crippen molar-refractivity contribution in [3.8, 4) is 5.69 Å². The molecule has 0 radical (unpaired) electrons. The molecule has 0 bridgehead atoms. The van der Waals surface area contributed by atoms with Crippen molar-refractivity contribution in [3.63, 3.8) is 0 Å². The van der Waals surface area contributed by atoms with E-state index in [2.05, 4.69) is 50.2 Å². The van der Waals surface area contributed by atoms with E-state index in [-0.39, 0.29) is 17.2 Å². The van der Waals surface area contributed by atoms with E-state index in [1.54, 1.807) is 24.3 Å². The Morgan fingerprint density at radius 1 is 1.10 bits per heavy atom. The molecule has 0 spiro atoms. The summed E-state index contributed by atoms with van der Waals surface area (Å²) in [6, 6.07) is 16.8. The molecule has 0 fully saturated rings. The van der Waals surface area contributed by atoms with E-state index in [1.807, 2.05) is 34.9 Å². The van der Waals surface area contributed by atoms with Gasteiger partial charge in [-0.3, -0.25) is 19.5 Å². The Hall–Kier alpha value is -3.82. The average Bonchev–Trinajstić information content (AvgIpc) is 3.52. The third-order valence-corrected chi connectivity index (χ3v) is 7.89. The number of halogens is 1. The van der Waals surface area contributed by atoms with Crippen LogP contribution in [0.5, 0.6) is 0 Å². The molecule has 0 saturated heterocycles. The molecule has 2 heterocycles. The Balaban J connectivity index is 1.73. The fourth-order valence-corrected chi connectivity index (χ4v) is 4.76. The maximum Gasteiger partial charge on any atom is 0.268 e. The first kappa shape index (κ1) is 28.2. The van der Waals surface area contributed by atoms with Crippen LogP contribution in [0.3, 0.4) is 0 Å². The van der Waals surface area contributed by atoms with Crippen molar-refractivity contribution >= 4 is 45.8 Å². The summed E-state index contributed by atoms with van der Waals surface area (Å²) < 4.78 is 15.6. The minimum atomic E-state index is -1.15. The topological polar surface area (TPSA) is 88.1 Å². The molecule has 2 atom stereocenters. The molecule has 0 aliphatic carbocycles. The summed E-state index contributed by atoms with van der Waals surface area (Å²) in [6.07, 6.45) is 0.0527. The van der Waals surface area contributed by atoms with Crippen molar-refractivity contribution in [2.45, 2.75) is 53.4 Å². The number of hydrogen-bond acceptors (Lipinski definition) is 5. The molecule has 204 valence electrons. The fraction of sp³-hybridized carbons (Fsp3) is 0.300. The Morgan fingerprint density at radius 3 is 2.54 bits per heavy atom. The molecule has 0 saturated carbocycles. The van der Waals surface area contributed by atoms with E-state index < -0.39 is 6.17 Å². The summed E-state index contributed by atoms with van der Waals surface area (Å²) in [4.78, 5) is 30.7. The number of nitrogens with zero attached hydrogens (tertiary/aromatic N) is 2. The molecule has 1 unspecified atom stereocenters. The molecule has 0 aliphatic heterocycles. The molecule has 39 heavy (non-hydrogen) atoms. The zero-order valence-corrected chi connectivity index (χ0v) is 23.7. The number of alkyl halides is 1. The molecule has 2 aromatic carbocycles. The second-order valence-corrected chi connectivity index (χ2v) is 11.7. The van der Waals surface area contributed by atoms with E-state index in [0.717, 1.165) is 22.4 Å². The molecule has 2 aromatic heterocycles. The molecule has 0 aliphatic rings. The number of anilines is 2. The average molecular weight is 548 g/mol. The first-order valence-electron chi connectivity index (χ1n) is 12.8. The molecule has 9 heteroatoms. The largest absolute Gasteiger partial charge is 0.322 e. The molecule has 4 rings (SSSR count). The Morgan fingerprint density at radius 2 is 1.87 bits per heavy atom. The fourth-order valence-electron chi connectivity index (χ4n) is 3.93. The van der Waals surface area contributed by atoms with Gasteiger partial charge in [0.1, 0.15) is 6.17 Å². The SMILES string of the molecule is C=CC(=O)Nc1cccc(-n2c(NC(=O)c3ccc(C(C)F)s3)nc3cc(CN[C@H](C)C(C)(C)C)ccc32)c1. The van der Waals surface area contributed by atoms with Gasteiger partial charge in [-0.15, -0.1) is 11.3 Å². The number of benzene rings is 2. The van der Waals surface area contributed by atoms with E-state index in [9.17, 15) is 14.0 Å². The molecule has 3 N–H and O–H groups in total. The monoisotopic (exact) mass is 547 g/mol. The van der Waals surface area contributed by atoms with Crippen molar-refractivity contribution in [2.75, 3.05) is 10.6 Å². The minimum absolute atomic E-state index is 0.122. The lowest BCUT2D eigenvalue weighted by Crippen LogP contribution is -2.37. The van der Waals surface area contributed by atoms with Gasteiger partial charge in [0.2, 0.25) is 11.9 Å².